The van der Waals surface area contributed by atoms with Gasteiger partial charge in [0, 0.05) is 30.2 Å². The van der Waals surface area contributed by atoms with E-state index >= 15 is 0 Å². The van der Waals surface area contributed by atoms with E-state index in [0.29, 0.717) is 32.4 Å². The highest BCUT2D eigenvalue weighted by Crippen LogP contribution is 2.22. The molecule has 1 aromatic heterocycles. The van der Waals surface area contributed by atoms with E-state index < -0.39 is 24.0 Å². The van der Waals surface area contributed by atoms with E-state index in [4.69, 9.17) is 16.2 Å². The summed E-state index contributed by atoms with van der Waals surface area (Å²) in [5, 5.41) is 6.57. The molecule has 0 aliphatic carbocycles. The number of nitrogens with two attached hydrogens (primary N) is 2. The second kappa shape index (κ2) is 13.4. The van der Waals surface area contributed by atoms with Gasteiger partial charge in [0.2, 0.25) is 11.8 Å². The van der Waals surface area contributed by atoms with E-state index in [9.17, 15) is 14.4 Å². The molecule has 2 bridgehead atoms. The van der Waals surface area contributed by atoms with Gasteiger partial charge in [0.15, 0.2) is 5.96 Å². The molecule has 0 saturated carbocycles. The van der Waals surface area contributed by atoms with Crippen LogP contribution in [-0.4, -0.2) is 54.0 Å². The third-order valence-corrected chi connectivity index (χ3v) is 5.71. The van der Waals surface area contributed by atoms with Crippen molar-refractivity contribution in [3.63, 3.8) is 0 Å². The van der Waals surface area contributed by atoms with Crippen LogP contribution in [0.1, 0.15) is 31.2 Å². The number of guanidine groups is 1. The quantitative estimate of drug-likeness (QED) is 0.152. The van der Waals surface area contributed by atoms with Crippen molar-refractivity contribution in [2.45, 2.75) is 50.7 Å². The highest BCUT2D eigenvalue weighted by molar-refractivity contribution is 5.93. The van der Waals surface area contributed by atoms with Crippen LogP contribution < -0.4 is 22.1 Å². The van der Waals surface area contributed by atoms with Gasteiger partial charge in [0.1, 0.15) is 12.1 Å². The van der Waals surface area contributed by atoms with Gasteiger partial charge in [-0.15, -0.1) is 12.4 Å². The smallest absolute Gasteiger partial charge is 0.328 e. The number of hydrogen-bond acceptors (Lipinski definition) is 5. The molecule has 2 aromatic rings. The Morgan fingerprint density at radius 2 is 1.94 bits per heavy atom. The Kier molecular flexibility index (Phi) is 10.6. The fraction of sp³-hybridized carbons (Fsp3) is 0.417. The Labute approximate surface area is 210 Å². The summed E-state index contributed by atoms with van der Waals surface area (Å²) < 4.78 is 6.92. The van der Waals surface area contributed by atoms with Crippen LogP contribution in [0.15, 0.2) is 47.6 Å². The molecule has 35 heavy (non-hydrogen) atoms. The van der Waals surface area contributed by atoms with E-state index in [-0.39, 0.29) is 37.1 Å². The Hall–Kier alpha value is -3.53. The average molecular weight is 505 g/mol. The predicted octanol–water partition coefficient (Wildman–Crippen LogP) is 1.15. The Morgan fingerprint density at radius 1 is 1.17 bits per heavy atom. The fourth-order valence-electron chi connectivity index (χ4n) is 4.02. The van der Waals surface area contributed by atoms with Crippen LogP contribution in [0.3, 0.4) is 0 Å². The number of carbonyl (C=O) groups excluding carboxylic acids is 3. The number of carbonyl (C=O) groups is 3. The zero-order chi connectivity index (χ0) is 24.5. The molecular weight excluding hydrogens is 472 g/mol. The molecule has 2 amide bonds. The van der Waals surface area contributed by atoms with E-state index in [1.165, 1.54) is 7.11 Å². The molecule has 0 saturated heterocycles. The number of fused-ring (bicyclic) bond motifs is 5. The number of aromatic nitrogens is 1. The summed E-state index contributed by atoms with van der Waals surface area (Å²) >= 11 is 0. The van der Waals surface area contributed by atoms with Crippen molar-refractivity contribution in [1.82, 2.24) is 15.2 Å². The number of ether oxygens (including phenoxy) is 1. The normalized spacial score (nSPS) is 19.5. The number of nitrogens with zero attached hydrogens (tertiary/aromatic N) is 2. The first-order chi connectivity index (χ1) is 16.4. The average Bonchev–Trinajstić information content (AvgIpc) is 3.15. The van der Waals surface area contributed by atoms with Crippen molar-refractivity contribution < 1.29 is 19.1 Å². The summed E-state index contributed by atoms with van der Waals surface area (Å²) in [6, 6.07) is 6.22. The van der Waals surface area contributed by atoms with E-state index in [0.717, 1.165) is 16.5 Å². The summed E-state index contributed by atoms with van der Waals surface area (Å²) in [7, 11) is 1.28. The number of unbranched alkanes of at least 4 members (excludes halogenated alkanes) is 1. The standard InChI is InChI=1S/C24H32N6O4.ClH/c1-34-23(33)19-10-5-7-13-30-15-16(17-8-2-3-11-20(17)30)14-21(31)28-18(22(32)29-19)9-4-6-12-27-24(25)26;/h2-3,5,7-8,11,15,18-19H,4,6,9-10,12-14H2,1H3,(H,28,31)(H,29,32)(H4,25,26,27);1H/b7-5+;/t18-,19+;/m1./s1. The van der Waals surface area contributed by atoms with Gasteiger partial charge in [-0.1, -0.05) is 30.4 Å². The van der Waals surface area contributed by atoms with Gasteiger partial charge < -0.3 is 31.4 Å². The van der Waals surface area contributed by atoms with Crippen molar-refractivity contribution in [3.8, 4) is 0 Å². The first-order valence-electron chi connectivity index (χ1n) is 11.3. The molecule has 0 spiro atoms. The molecular formula is C24H33ClN6O4. The minimum absolute atomic E-state index is 0. The maximum Gasteiger partial charge on any atom is 0.328 e. The second-order valence-electron chi connectivity index (χ2n) is 8.21. The van der Waals surface area contributed by atoms with Gasteiger partial charge in [-0.2, -0.15) is 0 Å². The molecule has 1 aromatic carbocycles. The molecule has 10 nitrogen and oxygen atoms in total. The molecule has 3 rings (SSSR count). The lowest BCUT2D eigenvalue weighted by Gasteiger charge is -2.22. The number of para-hydroxylation sites is 1. The summed E-state index contributed by atoms with van der Waals surface area (Å²) in [6.45, 7) is 1.00. The van der Waals surface area contributed by atoms with Crippen molar-refractivity contribution >= 4 is 47.1 Å². The highest BCUT2D eigenvalue weighted by Gasteiger charge is 2.27. The van der Waals surface area contributed by atoms with E-state index in [1.807, 2.05) is 42.6 Å². The number of rotatable bonds is 6. The monoisotopic (exact) mass is 504 g/mol. The minimum atomic E-state index is -0.852. The summed E-state index contributed by atoms with van der Waals surface area (Å²) in [6.07, 6.45) is 7.79. The summed E-state index contributed by atoms with van der Waals surface area (Å²) in [5.41, 5.74) is 12.6. The van der Waals surface area contributed by atoms with Crippen LogP contribution in [0, 0.1) is 0 Å². The molecule has 2 atom stereocenters. The maximum atomic E-state index is 13.0. The second-order valence-corrected chi connectivity index (χ2v) is 8.21. The van der Waals surface area contributed by atoms with Gasteiger partial charge in [-0.3, -0.25) is 14.6 Å². The molecule has 0 fully saturated rings. The molecule has 11 heteroatoms. The maximum absolute atomic E-state index is 13.0. The van der Waals surface area contributed by atoms with Crippen LogP contribution >= 0.6 is 12.4 Å². The number of allylic oxidation sites excluding steroid dienone is 1. The number of methoxy groups -OCH3 is 1. The van der Waals surface area contributed by atoms with Crippen LogP contribution in [0.5, 0.6) is 0 Å². The van der Waals surface area contributed by atoms with Gasteiger partial charge in [-0.05, 0) is 37.3 Å². The number of aliphatic imine (C=N–C) groups is 1. The van der Waals surface area contributed by atoms with E-state index in [1.54, 1.807) is 0 Å². The topological polar surface area (TPSA) is 154 Å². The molecule has 6 N–H and O–H groups in total. The number of amides is 2. The highest BCUT2D eigenvalue weighted by atomic mass is 35.5. The van der Waals surface area contributed by atoms with Gasteiger partial charge >= 0.3 is 5.97 Å². The zero-order valence-electron chi connectivity index (χ0n) is 19.7. The predicted molar refractivity (Wildman–Crippen MR) is 137 cm³/mol. The van der Waals surface area contributed by atoms with Crippen LogP contribution in [-0.2, 0) is 32.1 Å². The number of hydrogen-bond donors (Lipinski definition) is 4. The zero-order valence-corrected chi connectivity index (χ0v) is 20.6. The first-order valence-corrected chi connectivity index (χ1v) is 11.3. The molecule has 1 aliphatic rings. The number of halogens is 1. The fourth-order valence-corrected chi connectivity index (χ4v) is 4.02. The number of benzene rings is 1. The molecule has 0 unspecified atom stereocenters. The minimum Gasteiger partial charge on any atom is -0.467 e. The Bertz CT molecular complexity index is 1090. The van der Waals surface area contributed by atoms with Crippen molar-refractivity contribution in [2.75, 3.05) is 13.7 Å². The van der Waals surface area contributed by atoms with Crippen molar-refractivity contribution in [3.05, 3.63) is 48.2 Å². The van der Waals surface area contributed by atoms with Gasteiger partial charge in [0.05, 0.1) is 13.5 Å². The number of nitrogens with one attached hydrogen (secondary N) is 2. The molecule has 2 heterocycles. The van der Waals surface area contributed by atoms with Gasteiger partial charge in [0.25, 0.3) is 0 Å². The third kappa shape index (κ3) is 7.74. The molecule has 1 aliphatic heterocycles. The third-order valence-electron chi connectivity index (χ3n) is 5.71. The lowest BCUT2D eigenvalue weighted by atomic mass is 10.1. The van der Waals surface area contributed by atoms with Crippen LogP contribution in [0.2, 0.25) is 0 Å². The lowest BCUT2D eigenvalue weighted by Crippen LogP contribution is -2.52. The van der Waals surface area contributed by atoms with Crippen LogP contribution in [0.4, 0.5) is 0 Å². The Morgan fingerprint density at radius 3 is 2.69 bits per heavy atom. The van der Waals surface area contributed by atoms with Gasteiger partial charge in [-0.25, -0.2) is 4.79 Å². The molecule has 0 radical (unpaired) electrons. The molecule has 190 valence electrons. The largest absolute Gasteiger partial charge is 0.467 e. The van der Waals surface area contributed by atoms with Crippen molar-refractivity contribution in [2.24, 2.45) is 16.5 Å². The SMILES string of the molecule is COC(=O)[C@@H]1C/C=C/Cn2cc(c3ccccc32)CC(=O)N[C@H](CCCCN=C(N)N)C(=O)N1.Cl. The van der Waals surface area contributed by atoms with Crippen molar-refractivity contribution in [1.29, 1.82) is 0 Å². The summed E-state index contributed by atoms with van der Waals surface area (Å²) in [5.74, 6) is -1.23. The lowest BCUT2D eigenvalue weighted by molar-refractivity contribution is -0.145. The summed E-state index contributed by atoms with van der Waals surface area (Å²) in [4.78, 5) is 42.2. The first kappa shape index (κ1) is 27.7. The number of esters is 1. The Balaban J connectivity index is 0.00000432. The van der Waals surface area contributed by atoms with Crippen LogP contribution in [0.25, 0.3) is 10.9 Å². The van der Waals surface area contributed by atoms with E-state index in [2.05, 4.69) is 20.2 Å².